The second kappa shape index (κ2) is 5.47. The van der Waals surface area contributed by atoms with E-state index in [0.29, 0.717) is 0 Å². The van der Waals surface area contributed by atoms with E-state index in [9.17, 15) is 18.0 Å². The number of hydrogen-bond acceptors (Lipinski definition) is 5. The van der Waals surface area contributed by atoms with Crippen LogP contribution in [0.5, 0.6) is 0 Å². The predicted molar refractivity (Wildman–Crippen MR) is 69.3 cm³/mol. The smallest absolute Gasteiger partial charge is 0.323 e. The van der Waals surface area contributed by atoms with Gasteiger partial charge in [-0.3, -0.25) is 16.0 Å². The van der Waals surface area contributed by atoms with Crippen LogP contribution in [0.1, 0.15) is 15.9 Å². The summed E-state index contributed by atoms with van der Waals surface area (Å²) in [6.07, 6.45) is -3.07. The Kier molecular flexibility index (Phi) is 3.91. The Morgan fingerprint density at radius 1 is 1.35 bits per heavy atom. The zero-order valence-corrected chi connectivity index (χ0v) is 10.7. The van der Waals surface area contributed by atoms with Crippen LogP contribution in [0.15, 0.2) is 29.8 Å². The van der Waals surface area contributed by atoms with Gasteiger partial charge in [0.05, 0.1) is 16.8 Å². The third kappa shape index (κ3) is 3.06. The van der Waals surface area contributed by atoms with Gasteiger partial charge in [-0.15, -0.1) is 11.3 Å². The molecule has 9 heteroatoms. The molecule has 4 N–H and O–H groups in total. The molecule has 1 heterocycles. The summed E-state index contributed by atoms with van der Waals surface area (Å²) in [7, 11) is 0. The number of nitrogens with one attached hydrogen (secondary N) is 2. The Morgan fingerprint density at radius 3 is 2.65 bits per heavy atom. The van der Waals surface area contributed by atoms with Gasteiger partial charge >= 0.3 is 6.18 Å². The SMILES string of the molecule is NNc1ccc(C(F)(F)F)cc1C(=O)Nc1nccs1. The maximum atomic E-state index is 12.7. The van der Waals surface area contributed by atoms with Crippen LogP contribution in [-0.2, 0) is 6.18 Å². The van der Waals surface area contributed by atoms with Crippen molar-refractivity contribution in [3.63, 3.8) is 0 Å². The van der Waals surface area contributed by atoms with Gasteiger partial charge in [-0.2, -0.15) is 13.2 Å². The number of anilines is 2. The molecule has 106 valence electrons. The molecule has 20 heavy (non-hydrogen) atoms. The van der Waals surface area contributed by atoms with Crippen molar-refractivity contribution in [2.24, 2.45) is 5.84 Å². The summed E-state index contributed by atoms with van der Waals surface area (Å²) in [6.45, 7) is 0. The van der Waals surface area contributed by atoms with E-state index in [4.69, 9.17) is 5.84 Å². The topological polar surface area (TPSA) is 80.0 Å². The number of alkyl halides is 3. The molecule has 0 aliphatic carbocycles. The van der Waals surface area contributed by atoms with E-state index in [2.05, 4.69) is 15.7 Å². The number of carbonyl (C=O) groups is 1. The maximum Gasteiger partial charge on any atom is 0.416 e. The van der Waals surface area contributed by atoms with Crippen molar-refractivity contribution in [2.45, 2.75) is 6.18 Å². The molecule has 0 aliphatic heterocycles. The highest BCUT2D eigenvalue weighted by molar-refractivity contribution is 7.13. The summed E-state index contributed by atoms with van der Waals surface area (Å²) in [5, 5.41) is 4.31. The molecule has 5 nitrogen and oxygen atoms in total. The predicted octanol–water partition coefficient (Wildman–Crippen LogP) is 2.70. The maximum absolute atomic E-state index is 12.7. The number of carbonyl (C=O) groups excluding carboxylic acids is 1. The van der Waals surface area contributed by atoms with Crippen molar-refractivity contribution >= 4 is 28.1 Å². The standard InChI is InChI=1S/C11H9F3N4OS/c12-11(13,14)6-1-2-8(18-15)7(5-6)9(19)17-10-16-3-4-20-10/h1-5,18H,15H2,(H,16,17,19). The first-order valence-corrected chi connectivity index (χ1v) is 6.18. The van der Waals surface area contributed by atoms with Crippen molar-refractivity contribution in [1.82, 2.24) is 4.98 Å². The second-order valence-corrected chi connectivity index (χ2v) is 4.59. The first-order chi connectivity index (χ1) is 9.41. The second-order valence-electron chi connectivity index (χ2n) is 3.69. The highest BCUT2D eigenvalue weighted by Gasteiger charge is 2.31. The first kappa shape index (κ1) is 14.3. The molecule has 2 rings (SSSR count). The quantitative estimate of drug-likeness (QED) is 0.601. The van der Waals surface area contributed by atoms with Crippen LogP contribution < -0.4 is 16.6 Å². The molecule has 0 saturated heterocycles. The Bertz CT molecular complexity index is 613. The van der Waals surface area contributed by atoms with Crippen molar-refractivity contribution in [3.8, 4) is 0 Å². The van der Waals surface area contributed by atoms with Crippen molar-refractivity contribution in [2.75, 3.05) is 10.7 Å². The minimum absolute atomic E-state index is 0.0899. The van der Waals surface area contributed by atoms with E-state index in [1.165, 1.54) is 6.20 Å². The van der Waals surface area contributed by atoms with Gasteiger partial charge in [0.1, 0.15) is 0 Å². The van der Waals surface area contributed by atoms with E-state index in [1.807, 2.05) is 0 Å². The van der Waals surface area contributed by atoms with Gasteiger partial charge in [0, 0.05) is 11.6 Å². The van der Waals surface area contributed by atoms with E-state index < -0.39 is 17.6 Å². The van der Waals surface area contributed by atoms with Crippen LogP contribution in [0, 0.1) is 0 Å². The lowest BCUT2D eigenvalue weighted by atomic mass is 10.1. The van der Waals surface area contributed by atoms with Crippen LogP contribution in [0.25, 0.3) is 0 Å². The van der Waals surface area contributed by atoms with Gasteiger partial charge in [0.25, 0.3) is 5.91 Å². The highest BCUT2D eigenvalue weighted by Crippen LogP contribution is 2.32. The molecule has 1 aromatic heterocycles. The number of halogens is 3. The number of nitrogens with zero attached hydrogens (tertiary/aromatic N) is 1. The normalized spacial score (nSPS) is 11.2. The largest absolute Gasteiger partial charge is 0.416 e. The molecule has 0 aliphatic rings. The molecular weight excluding hydrogens is 293 g/mol. The van der Waals surface area contributed by atoms with Gasteiger partial charge in [0.2, 0.25) is 0 Å². The lowest BCUT2D eigenvalue weighted by Gasteiger charge is -2.12. The van der Waals surface area contributed by atoms with Crippen LogP contribution in [0.3, 0.4) is 0 Å². The molecule has 0 spiro atoms. The minimum Gasteiger partial charge on any atom is -0.323 e. The number of hydrazine groups is 1. The van der Waals surface area contributed by atoms with Crippen LogP contribution in [0.2, 0.25) is 0 Å². The third-order valence-electron chi connectivity index (χ3n) is 2.40. The molecular formula is C11H9F3N4OS. The third-order valence-corrected chi connectivity index (χ3v) is 3.09. The van der Waals surface area contributed by atoms with Crippen LogP contribution in [0.4, 0.5) is 24.0 Å². The van der Waals surface area contributed by atoms with E-state index in [0.717, 1.165) is 29.5 Å². The Morgan fingerprint density at radius 2 is 2.10 bits per heavy atom. The van der Waals surface area contributed by atoms with Gasteiger partial charge in [-0.1, -0.05) is 0 Å². The number of nitrogen functional groups attached to an aromatic ring is 1. The lowest BCUT2D eigenvalue weighted by Crippen LogP contribution is -2.18. The van der Waals surface area contributed by atoms with E-state index in [1.54, 1.807) is 5.38 Å². The van der Waals surface area contributed by atoms with Crippen molar-refractivity contribution in [1.29, 1.82) is 0 Å². The molecule has 0 radical (unpaired) electrons. The Hall–Kier alpha value is -2.13. The fourth-order valence-electron chi connectivity index (χ4n) is 1.48. The number of nitrogens with two attached hydrogens (primary N) is 1. The van der Waals surface area contributed by atoms with Gasteiger partial charge < -0.3 is 5.43 Å². The first-order valence-electron chi connectivity index (χ1n) is 5.30. The van der Waals surface area contributed by atoms with Gasteiger partial charge in [-0.05, 0) is 18.2 Å². The summed E-state index contributed by atoms with van der Waals surface area (Å²) in [5.74, 6) is 4.47. The molecule has 0 saturated carbocycles. The molecule has 0 fully saturated rings. The van der Waals surface area contributed by atoms with Crippen LogP contribution in [-0.4, -0.2) is 10.9 Å². The number of benzene rings is 1. The summed E-state index contributed by atoms with van der Waals surface area (Å²) < 4.78 is 38.0. The molecule has 2 aromatic rings. The zero-order valence-electron chi connectivity index (χ0n) is 9.86. The molecule has 0 bridgehead atoms. The average Bonchev–Trinajstić information content (AvgIpc) is 2.89. The Balaban J connectivity index is 2.35. The van der Waals surface area contributed by atoms with Crippen molar-refractivity contribution < 1.29 is 18.0 Å². The lowest BCUT2D eigenvalue weighted by molar-refractivity contribution is -0.137. The highest BCUT2D eigenvalue weighted by atomic mass is 32.1. The Labute approximate surface area is 115 Å². The molecule has 1 amide bonds. The summed E-state index contributed by atoms with van der Waals surface area (Å²) in [6, 6.07) is 2.67. The number of aromatic nitrogens is 1. The molecule has 1 aromatic carbocycles. The van der Waals surface area contributed by atoms with Crippen molar-refractivity contribution in [3.05, 3.63) is 40.9 Å². The average molecular weight is 302 g/mol. The number of thiazole rings is 1. The van der Waals surface area contributed by atoms with E-state index >= 15 is 0 Å². The molecule has 0 unspecified atom stereocenters. The van der Waals surface area contributed by atoms with E-state index in [-0.39, 0.29) is 16.4 Å². The number of amides is 1. The van der Waals surface area contributed by atoms with Gasteiger partial charge in [-0.25, -0.2) is 4.98 Å². The number of hydrogen-bond donors (Lipinski definition) is 3. The van der Waals surface area contributed by atoms with Crippen LogP contribution >= 0.6 is 11.3 Å². The summed E-state index contributed by atoms with van der Waals surface area (Å²) in [5.41, 5.74) is 1.14. The van der Waals surface area contributed by atoms with Gasteiger partial charge in [0.15, 0.2) is 5.13 Å². The zero-order chi connectivity index (χ0) is 14.8. The number of rotatable bonds is 3. The minimum atomic E-state index is -4.54. The monoisotopic (exact) mass is 302 g/mol. The fourth-order valence-corrected chi connectivity index (χ4v) is 2.01. The summed E-state index contributed by atoms with van der Waals surface area (Å²) in [4.78, 5) is 15.8. The summed E-state index contributed by atoms with van der Waals surface area (Å²) >= 11 is 1.15. The molecule has 0 atom stereocenters. The fraction of sp³-hybridized carbons (Fsp3) is 0.0909.